The van der Waals surface area contributed by atoms with E-state index < -0.39 is 0 Å². The second-order valence-corrected chi connectivity index (χ2v) is 2.72. The number of nitrogens with zero attached hydrogens (tertiary/aromatic N) is 1. The molecular weight excluding hydrogens is 176 g/mol. The predicted octanol–water partition coefficient (Wildman–Crippen LogP) is 1.27. The van der Waals surface area contributed by atoms with Gasteiger partial charge in [-0.15, -0.1) is 0 Å². The first kappa shape index (κ1) is 9.16. The Kier molecular flexibility index (Phi) is 3.19. The molecule has 1 aromatic rings. The summed E-state index contributed by atoms with van der Waals surface area (Å²) in [7, 11) is 0. The quantitative estimate of drug-likeness (QED) is 0.720. The molecule has 12 heavy (non-hydrogen) atoms. The van der Waals surface area contributed by atoms with Gasteiger partial charge in [0.15, 0.2) is 5.78 Å². The molecule has 3 nitrogen and oxygen atoms in total. The Morgan fingerprint density at radius 3 is 3.00 bits per heavy atom. The number of ketones is 1. The lowest BCUT2D eigenvalue weighted by Gasteiger charge is -1.99. The molecular formula is C8H9ClN2O. The van der Waals surface area contributed by atoms with Crippen LogP contribution in [0.15, 0.2) is 18.5 Å². The largest absolute Gasteiger partial charge is 0.330 e. The van der Waals surface area contributed by atoms with E-state index in [0.717, 1.165) is 0 Å². The lowest BCUT2D eigenvalue weighted by atomic mass is 10.1. The highest BCUT2D eigenvalue weighted by molar-refractivity contribution is 6.33. The van der Waals surface area contributed by atoms with Crippen LogP contribution in [0.1, 0.15) is 16.8 Å². The molecule has 0 amide bonds. The first-order valence-corrected chi connectivity index (χ1v) is 3.96. The van der Waals surface area contributed by atoms with Crippen LogP contribution in [0.4, 0.5) is 0 Å². The molecule has 64 valence electrons. The molecule has 1 heterocycles. The Morgan fingerprint density at radius 2 is 2.42 bits per heavy atom. The summed E-state index contributed by atoms with van der Waals surface area (Å²) in [5, 5.41) is 0.385. The molecule has 0 aliphatic carbocycles. The van der Waals surface area contributed by atoms with Gasteiger partial charge in [-0.1, -0.05) is 11.6 Å². The number of Topliss-reactive ketones (excluding diaryl/α,β-unsaturated/α-hetero) is 1. The number of hydrogen-bond donors (Lipinski definition) is 1. The van der Waals surface area contributed by atoms with Crippen LogP contribution in [0, 0.1) is 0 Å². The fraction of sp³-hybridized carbons (Fsp3) is 0.250. The van der Waals surface area contributed by atoms with Crippen molar-refractivity contribution in [2.45, 2.75) is 6.42 Å². The maximum Gasteiger partial charge on any atom is 0.165 e. The van der Waals surface area contributed by atoms with E-state index in [1.807, 2.05) is 0 Å². The van der Waals surface area contributed by atoms with E-state index in [1.54, 1.807) is 6.07 Å². The average molecular weight is 185 g/mol. The summed E-state index contributed by atoms with van der Waals surface area (Å²) < 4.78 is 0. The van der Waals surface area contributed by atoms with Gasteiger partial charge < -0.3 is 5.73 Å². The van der Waals surface area contributed by atoms with Crippen molar-refractivity contribution in [1.29, 1.82) is 0 Å². The van der Waals surface area contributed by atoms with E-state index >= 15 is 0 Å². The van der Waals surface area contributed by atoms with Crippen molar-refractivity contribution in [2.24, 2.45) is 5.73 Å². The highest BCUT2D eigenvalue weighted by Crippen LogP contribution is 2.14. The smallest absolute Gasteiger partial charge is 0.165 e. The fourth-order valence-corrected chi connectivity index (χ4v) is 1.09. The van der Waals surface area contributed by atoms with E-state index in [0.29, 0.717) is 23.6 Å². The molecule has 0 bridgehead atoms. The molecule has 0 aliphatic rings. The summed E-state index contributed by atoms with van der Waals surface area (Å²) in [6.45, 7) is 0.345. The second-order valence-electron chi connectivity index (χ2n) is 2.32. The molecule has 0 saturated carbocycles. The Morgan fingerprint density at radius 1 is 1.67 bits per heavy atom. The predicted molar refractivity (Wildman–Crippen MR) is 47.2 cm³/mol. The van der Waals surface area contributed by atoms with Gasteiger partial charge in [0.2, 0.25) is 0 Å². The van der Waals surface area contributed by atoms with Crippen LogP contribution in [0.25, 0.3) is 0 Å². The zero-order chi connectivity index (χ0) is 8.97. The normalized spacial score (nSPS) is 9.83. The molecule has 0 atom stereocenters. The molecule has 2 N–H and O–H groups in total. The van der Waals surface area contributed by atoms with Gasteiger partial charge in [-0.3, -0.25) is 9.78 Å². The third kappa shape index (κ3) is 2.03. The van der Waals surface area contributed by atoms with Crippen LogP contribution in [0.2, 0.25) is 5.02 Å². The molecule has 0 aliphatic heterocycles. The van der Waals surface area contributed by atoms with Crippen LogP contribution < -0.4 is 5.73 Å². The minimum atomic E-state index is -0.0371. The number of nitrogens with two attached hydrogens (primary N) is 1. The zero-order valence-corrected chi connectivity index (χ0v) is 7.21. The number of pyridine rings is 1. The SMILES string of the molecule is NCCC(=O)c1ccncc1Cl. The van der Waals surface area contributed by atoms with Gasteiger partial charge in [-0.25, -0.2) is 0 Å². The Bertz CT molecular complexity index is 288. The number of rotatable bonds is 3. The van der Waals surface area contributed by atoms with E-state index in [2.05, 4.69) is 4.98 Å². The van der Waals surface area contributed by atoms with E-state index in [-0.39, 0.29) is 5.78 Å². The third-order valence-corrected chi connectivity index (χ3v) is 1.75. The zero-order valence-electron chi connectivity index (χ0n) is 6.46. The average Bonchev–Trinajstić information content (AvgIpc) is 2.05. The van der Waals surface area contributed by atoms with Crippen molar-refractivity contribution in [3.05, 3.63) is 29.0 Å². The van der Waals surface area contributed by atoms with Crippen molar-refractivity contribution in [2.75, 3.05) is 6.54 Å². The van der Waals surface area contributed by atoms with Crippen LogP contribution in [0.3, 0.4) is 0 Å². The molecule has 0 radical (unpaired) electrons. The van der Waals surface area contributed by atoms with E-state index in [1.165, 1.54) is 12.4 Å². The molecule has 4 heteroatoms. The van der Waals surface area contributed by atoms with Crippen molar-refractivity contribution in [3.63, 3.8) is 0 Å². The summed E-state index contributed by atoms with van der Waals surface area (Å²) >= 11 is 5.73. The summed E-state index contributed by atoms with van der Waals surface area (Å²) in [5.41, 5.74) is 5.73. The minimum absolute atomic E-state index is 0.0371. The Hall–Kier alpha value is -0.930. The number of halogens is 1. The first-order chi connectivity index (χ1) is 5.75. The maximum atomic E-state index is 11.3. The van der Waals surface area contributed by atoms with Crippen molar-refractivity contribution in [3.8, 4) is 0 Å². The Labute approximate surface area is 75.6 Å². The summed E-state index contributed by atoms with van der Waals surface area (Å²) in [6, 6.07) is 1.60. The summed E-state index contributed by atoms with van der Waals surface area (Å²) in [5.74, 6) is -0.0371. The molecule has 1 rings (SSSR count). The first-order valence-electron chi connectivity index (χ1n) is 3.58. The van der Waals surface area contributed by atoms with Gasteiger partial charge in [0, 0.05) is 24.4 Å². The van der Waals surface area contributed by atoms with Gasteiger partial charge in [0.05, 0.1) is 5.02 Å². The molecule has 0 aromatic carbocycles. The maximum absolute atomic E-state index is 11.3. The lowest BCUT2D eigenvalue weighted by molar-refractivity contribution is 0.0985. The lowest BCUT2D eigenvalue weighted by Crippen LogP contribution is -2.08. The molecule has 0 fully saturated rings. The van der Waals surface area contributed by atoms with Crippen LogP contribution in [0.5, 0.6) is 0 Å². The highest BCUT2D eigenvalue weighted by Gasteiger charge is 2.07. The molecule has 0 saturated heterocycles. The molecule has 0 unspecified atom stereocenters. The van der Waals surface area contributed by atoms with E-state index in [4.69, 9.17) is 17.3 Å². The van der Waals surface area contributed by atoms with E-state index in [9.17, 15) is 4.79 Å². The van der Waals surface area contributed by atoms with Gasteiger partial charge in [-0.05, 0) is 12.6 Å². The summed E-state index contributed by atoms with van der Waals surface area (Å²) in [6.07, 6.45) is 3.31. The fourth-order valence-electron chi connectivity index (χ4n) is 0.867. The van der Waals surface area contributed by atoms with Crippen LogP contribution in [-0.4, -0.2) is 17.3 Å². The number of carbonyl (C=O) groups excluding carboxylic acids is 1. The highest BCUT2D eigenvalue weighted by atomic mass is 35.5. The monoisotopic (exact) mass is 184 g/mol. The molecule has 1 aromatic heterocycles. The number of hydrogen-bond acceptors (Lipinski definition) is 3. The van der Waals surface area contributed by atoms with Crippen LogP contribution in [-0.2, 0) is 0 Å². The van der Waals surface area contributed by atoms with Crippen LogP contribution >= 0.6 is 11.6 Å². The number of aromatic nitrogens is 1. The van der Waals surface area contributed by atoms with Gasteiger partial charge in [0.1, 0.15) is 0 Å². The van der Waals surface area contributed by atoms with Gasteiger partial charge in [0.25, 0.3) is 0 Å². The molecule has 0 spiro atoms. The summed E-state index contributed by atoms with van der Waals surface area (Å²) in [4.78, 5) is 15.0. The second kappa shape index (κ2) is 4.18. The Balaban J connectivity index is 2.87. The number of carbonyl (C=O) groups is 1. The van der Waals surface area contributed by atoms with Crippen molar-refractivity contribution < 1.29 is 4.79 Å². The minimum Gasteiger partial charge on any atom is -0.330 e. The van der Waals surface area contributed by atoms with Gasteiger partial charge >= 0.3 is 0 Å². The standard InChI is InChI=1S/C8H9ClN2O/c9-7-5-11-4-2-6(7)8(12)1-3-10/h2,4-5H,1,3,10H2. The van der Waals surface area contributed by atoms with Crippen molar-refractivity contribution in [1.82, 2.24) is 4.98 Å². The van der Waals surface area contributed by atoms with Gasteiger partial charge in [-0.2, -0.15) is 0 Å². The third-order valence-electron chi connectivity index (χ3n) is 1.44. The van der Waals surface area contributed by atoms with Crippen molar-refractivity contribution >= 4 is 17.4 Å². The topological polar surface area (TPSA) is 56.0 Å².